The van der Waals surface area contributed by atoms with Crippen molar-refractivity contribution in [2.75, 3.05) is 23.8 Å². The molecule has 2 heterocycles. The summed E-state index contributed by atoms with van der Waals surface area (Å²) in [5, 5.41) is 5.85. The van der Waals surface area contributed by atoms with E-state index in [9.17, 15) is 9.59 Å². The van der Waals surface area contributed by atoms with Crippen LogP contribution < -0.4 is 20.1 Å². The van der Waals surface area contributed by atoms with Gasteiger partial charge in [-0.3, -0.25) is 9.59 Å². The summed E-state index contributed by atoms with van der Waals surface area (Å²) < 4.78 is 13.5. The predicted octanol–water partition coefficient (Wildman–Crippen LogP) is 5.18. The van der Waals surface area contributed by atoms with Crippen LogP contribution in [0, 0.1) is 13.8 Å². The van der Waals surface area contributed by atoms with E-state index in [-0.39, 0.29) is 18.2 Å². The summed E-state index contributed by atoms with van der Waals surface area (Å²) in [6.45, 7) is 8.37. The number of fused-ring (bicyclic) bond motifs is 1. The number of carbonyl (C=O) groups is 2. The van der Waals surface area contributed by atoms with Crippen LogP contribution in [0.25, 0.3) is 5.65 Å². The second-order valence-corrected chi connectivity index (χ2v) is 8.28. The summed E-state index contributed by atoms with van der Waals surface area (Å²) >= 11 is 0. The van der Waals surface area contributed by atoms with Gasteiger partial charge in [-0.25, -0.2) is 4.98 Å². The number of hydrogen-bond acceptors (Lipinski definition) is 5. The highest BCUT2D eigenvalue weighted by molar-refractivity contribution is 6.05. The molecule has 4 rings (SSSR count). The van der Waals surface area contributed by atoms with Crippen LogP contribution in [0.1, 0.15) is 41.2 Å². The Hall–Kier alpha value is -4.33. The lowest BCUT2D eigenvalue weighted by Crippen LogP contribution is -2.18. The van der Waals surface area contributed by atoms with Crippen molar-refractivity contribution in [1.29, 1.82) is 0 Å². The largest absolute Gasteiger partial charge is 0.492 e. The summed E-state index contributed by atoms with van der Waals surface area (Å²) in [4.78, 5) is 30.5. The van der Waals surface area contributed by atoms with Gasteiger partial charge in [-0.05, 0) is 51.5 Å². The number of anilines is 2. The van der Waals surface area contributed by atoms with Crippen LogP contribution in [0.3, 0.4) is 0 Å². The van der Waals surface area contributed by atoms with Gasteiger partial charge in [-0.1, -0.05) is 24.3 Å². The van der Waals surface area contributed by atoms with Gasteiger partial charge in [0.2, 0.25) is 5.91 Å². The van der Waals surface area contributed by atoms with E-state index in [4.69, 9.17) is 9.47 Å². The predicted molar refractivity (Wildman–Crippen MR) is 140 cm³/mol. The lowest BCUT2D eigenvalue weighted by Gasteiger charge is -2.18. The van der Waals surface area contributed by atoms with Gasteiger partial charge in [0.1, 0.15) is 17.1 Å². The zero-order valence-corrected chi connectivity index (χ0v) is 20.9. The average Bonchev–Trinajstić information content (AvgIpc) is 3.18. The van der Waals surface area contributed by atoms with Crippen molar-refractivity contribution in [1.82, 2.24) is 9.38 Å². The fourth-order valence-corrected chi connectivity index (χ4v) is 4.01. The van der Waals surface area contributed by atoms with E-state index in [2.05, 4.69) is 15.6 Å². The SMILES string of the molecule is CCOc1cc(NC(=O)c2ccccc2)c(OCC)cc1NC(=O)Cc1c(C)nc2c(C)cccn12. The molecule has 0 aliphatic carbocycles. The Morgan fingerprint density at radius 1 is 0.889 bits per heavy atom. The van der Waals surface area contributed by atoms with E-state index in [1.54, 1.807) is 36.4 Å². The zero-order valence-electron chi connectivity index (χ0n) is 20.9. The number of rotatable bonds is 9. The maximum atomic E-state index is 13.1. The maximum Gasteiger partial charge on any atom is 0.255 e. The molecular weight excluding hydrogens is 456 g/mol. The van der Waals surface area contributed by atoms with E-state index in [0.29, 0.717) is 41.7 Å². The van der Waals surface area contributed by atoms with Crippen molar-refractivity contribution in [3.05, 3.63) is 83.3 Å². The molecule has 2 N–H and O–H groups in total. The number of carbonyl (C=O) groups excluding carboxylic acids is 2. The van der Waals surface area contributed by atoms with Crippen LogP contribution in [-0.4, -0.2) is 34.4 Å². The van der Waals surface area contributed by atoms with Crippen LogP contribution >= 0.6 is 0 Å². The molecule has 186 valence electrons. The third kappa shape index (κ3) is 5.33. The molecule has 2 aromatic carbocycles. The molecule has 0 bridgehead atoms. The van der Waals surface area contributed by atoms with E-state index in [1.807, 2.05) is 56.5 Å². The summed E-state index contributed by atoms with van der Waals surface area (Å²) in [5.41, 5.74) is 4.95. The molecule has 0 aliphatic rings. The minimum Gasteiger partial charge on any atom is -0.492 e. The summed E-state index contributed by atoms with van der Waals surface area (Å²) in [6, 6.07) is 16.2. The van der Waals surface area contributed by atoms with Crippen LogP contribution in [0.4, 0.5) is 11.4 Å². The first-order valence-corrected chi connectivity index (χ1v) is 11.9. The third-order valence-corrected chi connectivity index (χ3v) is 5.71. The second kappa shape index (κ2) is 10.9. The van der Waals surface area contributed by atoms with E-state index in [1.165, 1.54) is 0 Å². The van der Waals surface area contributed by atoms with Crippen molar-refractivity contribution in [3.8, 4) is 11.5 Å². The average molecular weight is 487 g/mol. The molecular formula is C28H30N4O4. The number of ether oxygens (including phenoxy) is 2. The first-order chi connectivity index (χ1) is 17.4. The highest BCUT2D eigenvalue weighted by Crippen LogP contribution is 2.37. The Kier molecular flexibility index (Phi) is 7.53. The molecule has 2 aromatic heterocycles. The highest BCUT2D eigenvalue weighted by Gasteiger charge is 2.19. The van der Waals surface area contributed by atoms with Gasteiger partial charge in [-0.2, -0.15) is 0 Å². The lowest BCUT2D eigenvalue weighted by atomic mass is 10.2. The Morgan fingerprint density at radius 3 is 2.17 bits per heavy atom. The number of nitrogens with one attached hydrogen (secondary N) is 2. The number of pyridine rings is 1. The summed E-state index contributed by atoms with van der Waals surface area (Å²) in [7, 11) is 0. The number of amides is 2. The van der Waals surface area contributed by atoms with Crippen molar-refractivity contribution >= 4 is 28.8 Å². The Balaban J connectivity index is 1.61. The molecule has 0 radical (unpaired) electrons. The first-order valence-electron chi connectivity index (χ1n) is 11.9. The Morgan fingerprint density at radius 2 is 1.53 bits per heavy atom. The number of nitrogens with zero attached hydrogens (tertiary/aromatic N) is 2. The smallest absolute Gasteiger partial charge is 0.255 e. The fraction of sp³-hybridized carbons (Fsp3) is 0.250. The second-order valence-electron chi connectivity index (χ2n) is 8.28. The Labute approximate surface area is 210 Å². The van der Waals surface area contributed by atoms with Crippen molar-refractivity contribution in [2.24, 2.45) is 0 Å². The minimum absolute atomic E-state index is 0.137. The topological polar surface area (TPSA) is 94.0 Å². The number of benzene rings is 2. The fourth-order valence-electron chi connectivity index (χ4n) is 4.01. The standard InChI is InChI=1S/C28H30N4O4/c1-5-35-24-16-22(31-28(34)20-12-8-7-9-13-20)25(36-6-2)15-21(24)30-26(33)17-23-19(4)29-27-18(3)11-10-14-32(23)27/h7-16H,5-6,17H2,1-4H3,(H,30,33)(H,31,34). The van der Waals surface area contributed by atoms with Crippen LogP contribution in [0.15, 0.2) is 60.8 Å². The summed E-state index contributed by atoms with van der Waals surface area (Å²) in [6.07, 6.45) is 2.05. The van der Waals surface area contributed by atoms with E-state index < -0.39 is 0 Å². The first kappa shape index (κ1) is 24.8. The van der Waals surface area contributed by atoms with Gasteiger partial charge in [0.25, 0.3) is 5.91 Å². The summed E-state index contributed by atoms with van der Waals surface area (Å²) in [5.74, 6) is 0.380. The van der Waals surface area contributed by atoms with Gasteiger partial charge in [0.05, 0.1) is 42.4 Å². The normalized spacial score (nSPS) is 10.8. The number of aromatic nitrogens is 2. The van der Waals surface area contributed by atoms with Gasteiger partial charge in [-0.15, -0.1) is 0 Å². The molecule has 36 heavy (non-hydrogen) atoms. The molecule has 8 nitrogen and oxygen atoms in total. The molecule has 0 fully saturated rings. The van der Waals surface area contributed by atoms with Crippen LogP contribution in [0.5, 0.6) is 11.5 Å². The number of aryl methyl sites for hydroxylation is 2. The molecule has 4 aromatic rings. The molecule has 0 atom stereocenters. The van der Waals surface area contributed by atoms with Gasteiger partial charge < -0.3 is 24.5 Å². The third-order valence-electron chi connectivity index (χ3n) is 5.71. The van der Waals surface area contributed by atoms with E-state index >= 15 is 0 Å². The van der Waals surface area contributed by atoms with Crippen LogP contribution in [-0.2, 0) is 11.2 Å². The van der Waals surface area contributed by atoms with Crippen LogP contribution in [0.2, 0.25) is 0 Å². The minimum atomic E-state index is -0.269. The van der Waals surface area contributed by atoms with Crippen molar-refractivity contribution in [2.45, 2.75) is 34.1 Å². The van der Waals surface area contributed by atoms with E-state index in [0.717, 1.165) is 22.6 Å². The maximum absolute atomic E-state index is 13.1. The molecule has 2 amide bonds. The van der Waals surface area contributed by atoms with Crippen molar-refractivity contribution in [3.63, 3.8) is 0 Å². The number of hydrogen-bond donors (Lipinski definition) is 2. The molecule has 0 saturated heterocycles. The highest BCUT2D eigenvalue weighted by atomic mass is 16.5. The quantitative estimate of drug-likeness (QED) is 0.340. The molecule has 0 saturated carbocycles. The Bertz CT molecular complexity index is 1400. The monoisotopic (exact) mass is 486 g/mol. The zero-order chi connectivity index (χ0) is 25.7. The van der Waals surface area contributed by atoms with Gasteiger partial charge >= 0.3 is 0 Å². The van der Waals surface area contributed by atoms with Gasteiger partial charge in [0.15, 0.2) is 0 Å². The number of imidazole rings is 1. The van der Waals surface area contributed by atoms with Gasteiger partial charge in [0, 0.05) is 23.9 Å². The molecule has 0 spiro atoms. The lowest BCUT2D eigenvalue weighted by molar-refractivity contribution is -0.115. The molecule has 0 unspecified atom stereocenters. The molecule has 8 heteroatoms. The molecule has 0 aliphatic heterocycles. The van der Waals surface area contributed by atoms with Crippen molar-refractivity contribution < 1.29 is 19.1 Å².